The van der Waals surface area contributed by atoms with E-state index in [1.807, 2.05) is 18.2 Å². The first kappa shape index (κ1) is 20.0. The summed E-state index contributed by atoms with van der Waals surface area (Å²) in [5.74, 6) is -3.67. The van der Waals surface area contributed by atoms with E-state index in [1.54, 1.807) is 17.0 Å². The van der Waals surface area contributed by atoms with Gasteiger partial charge in [0, 0.05) is 17.7 Å². The van der Waals surface area contributed by atoms with E-state index >= 15 is 0 Å². The van der Waals surface area contributed by atoms with Gasteiger partial charge in [0.15, 0.2) is 18.9 Å². The first-order valence-electron chi connectivity index (χ1n) is 6.36. The van der Waals surface area contributed by atoms with Gasteiger partial charge in [0.05, 0.1) is 0 Å². The van der Waals surface area contributed by atoms with Crippen molar-refractivity contribution in [2.45, 2.75) is 19.1 Å². The summed E-state index contributed by atoms with van der Waals surface area (Å²) in [6, 6.07) is 5.52. The first-order chi connectivity index (χ1) is 11.6. The number of carbonyl (C=O) groups excluding carboxylic acids is 1. The number of aryl methyl sites for hydroxylation is 1. The summed E-state index contributed by atoms with van der Waals surface area (Å²) in [5.41, 5.74) is 0.862. The maximum absolute atomic E-state index is 10.5. The summed E-state index contributed by atoms with van der Waals surface area (Å²) in [6.07, 6.45) is -1.54. The highest BCUT2D eigenvalue weighted by Crippen LogP contribution is 2.19. The Kier molecular flexibility index (Phi) is 6.94. The molecule has 0 unspecified atom stereocenters. The lowest BCUT2D eigenvalue weighted by Gasteiger charge is -2.03. The monoisotopic (exact) mass is 374 g/mol. The van der Waals surface area contributed by atoms with E-state index in [1.165, 1.54) is 0 Å². The molecular formula is C13H9F3N4O4S. The standard InChI is InChI=1S/C11H8N4O2S.C2HF3O2/c12-7-9-13-11(18-14-9)8-1-4-15(5-2-8)6-3-10(16)17;3-2(4,5)1(6)7/h1-2,4-5H,3,6H2;(H,6,7). The number of rotatable bonds is 4. The molecule has 1 N–H and O–H groups in total. The molecule has 0 bridgehead atoms. The molecule has 0 spiro atoms. The number of carbonyl (C=O) groups is 2. The highest BCUT2D eigenvalue weighted by atomic mass is 32.1. The van der Waals surface area contributed by atoms with Crippen molar-refractivity contribution in [2.75, 3.05) is 0 Å². The zero-order valence-corrected chi connectivity index (χ0v) is 13.0. The number of pyridine rings is 1. The molecule has 2 heterocycles. The van der Waals surface area contributed by atoms with Crippen LogP contribution in [0.25, 0.3) is 10.6 Å². The number of nitriles is 1. The van der Waals surface area contributed by atoms with Gasteiger partial charge in [-0.05, 0) is 11.5 Å². The van der Waals surface area contributed by atoms with E-state index in [-0.39, 0.29) is 12.2 Å². The Morgan fingerprint density at radius 3 is 2.32 bits per heavy atom. The van der Waals surface area contributed by atoms with Crippen LogP contribution in [0.5, 0.6) is 0 Å². The van der Waals surface area contributed by atoms with Crippen molar-refractivity contribution in [1.82, 2.24) is 9.36 Å². The molecule has 8 nitrogen and oxygen atoms in total. The molecule has 0 aliphatic rings. The fourth-order valence-corrected chi connectivity index (χ4v) is 1.98. The number of carboxylic acid groups (broad SMARTS) is 2. The Hall–Kier alpha value is -3.07. The lowest BCUT2D eigenvalue weighted by molar-refractivity contribution is -0.695. The number of hydrogen-bond donors (Lipinski definition) is 1. The number of aromatic nitrogens is 3. The Balaban J connectivity index is 0.000000381. The van der Waals surface area contributed by atoms with Gasteiger partial charge in [-0.25, -0.2) is 9.55 Å². The van der Waals surface area contributed by atoms with E-state index in [0.717, 1.165) is 17.1 Å². The van der Waals surface area contributed by atoms with E-state index < -0.39 is 18.1 Å². The van der Waals surface area contributed by atoms with Crippen molar-refractivity contribution in [2.24, 2.45) is 0 Å². The first-order valence-corrected chi connectivity index (χ1v) is 7.14. The Morgan fingerprint density at radius 1 is 1.36 bits per heavy atom. The largest absolute Gasteiger partial charge is 0.542 e. The summed E-state index contributed by atoms with van der Waals surface area (Å²) < 4.78 is 37.2. The van der Waals surface area contributed by atoms with Crippen LogP contribution in [0.15, 0.2) is 24.5 Å². The fraction of sp³-hybridized carbons (Fsp3) is 0.231. The normalized spacial score (nSPS) is 10.3. The summed E-state index contributed by atoms with van der Waals surface area (Å²) in [4.78, 5) is 23.3. The van der Waals surface area contributed by atoms with Crippen molar-refractivity contribution in [3.8, 4) is 16.6 Å². The zero-order chi connectivity index (χ0) is 19.0. The maximum atomic E-state index is 10.5. The summed E-state index contributed by atoms with van der Waals surface area (Å²) in [5, 5.41) is 26.7. The van der Waals surface area contributed by atoms with Crippen LogP contribution >= 0.6 is 11.5 Å². The average molecular weight is 374 g/mol. The average Bonchev–Trinajstić information content (AvgIpc) is 3.02. The van der Waals surface area contributed by atoms with Crippen molar-refractivity contribution in [1.29, 1.82) is 5.26 Å². The molecule has 0 saturated carbocycles. The van der Waals surface area contributed by atoms with Crippen LogP contribution in [0.3, 0.4) is 0 Å². The van der Waals surface area contributed by atoms with Crippen molar-refractivity contribution >= 4 is 23.5 Å². The number of hydrogen-bond acceptors (Lipinski definition) is 7. The molecule has 0 saturated heterocycles. The predicted octanol–water partition coefficient (Wildman–Crippen LogP) is 0.138. The molecule has 2 aromatic rings. The second-order valence-corrected chi connectivity index (χ2v) is 5.04. The number of halogens is 3. The minimum Gasteiger partial charge on any atom is -0.542 e. The molecule has 25 heavy (non-hydrogen) atoms. The zero-order valence-electron chi connectivity index (χ0n) is 12.2. The van der Waals surface area contributed by atoms with Gasteiger partial charge in [0.25, 0.3) is 0 Å². The Labute approximate surface area is 142 Å². The van der Waals surface area contributed by atoms with Crippen LogP contribution in [0.1, 0.15) is 12.2 Å². The van der Waals surface area contributed by atoms with E-state index in [9.17, 15) is 18.0 Å². The molecule has 0 radical (unpaired) electrons. The van der Waals surface area contributed by atoms with Crippen LogP contribution in [0, 0.1) is 11.3 Å². The summed E-state index contributed by atoms with van der Waals surface area (Å²) in [6.45, 7) is 0.426. The molecule has 0 aromatic carbocycles. The predicted molar refractivity (Wildman–Crippen MR) is 73.6 cm³/mol. The lowest BCUT2D eigenvalue weighted by atomic mass is 10.3. The van der Waals surface area contributed by atoms with Gasteiger partial charge in [-0.2, -0.15) is 22.8 Å². The Morgan fingerprint density at radius 2 is 1.92 bits per heavy atom. The van der Waals surface area contributed by atoms with Crippen molar-refractivity contribution in [3.05, 3.63) is 30.4 Å². The van der Waals surface area contributed by atoms with Crippen molar-refractivity contribution < 1.29 is 37.5 Å². The van der Waals surface area contributed by atoms with Crippen LogP contribution in [0.4, 0.5) is 13.2 Å². The molecule has 12 heteroatoms. The molecule has 2 rings (SSSR count). The SMILES string of the molecule is N#Cc1nsc(-c2cc[n+](CCC(=O)O)cc2)n1.O=C([O-])C(F)(F)F. The van der Waals surface area contributed by atoms with E-state index in [4.69, 9.17) is 20.3 Å². The molecule has 0 atom stereocenters. The van der Waals surface area contributed by atoms with Crippen LogP contribution in [-0.2, 0) is 16.1 Å². The highest BCUT2D eigenvalue weighted by molar-refractivity contribution is 7.09. The third-order valence-corrected chi connectivity index (χ3v) is 3.24. The number of aliphatic carboxylic acids is 2. The molecule has 2 aromatic heterocycles. The summed E-state index contributed by atoms with van der Waals surface area (Å²) >= 11 is 1.16. The van der Waals surface area contributed by atoms with Crippen LogP contribution < -0.4 is 9.67 Å². The number of alkyl halides is 3. The lowest BCUT2D eigenvalue weighted by Crippen LogP contribution is -2.37. The number of carboxylic acids is 2. The fourth-order valence-electron chi connectivity index (χ4n) is 1.36. The second-order valence-electron chi connectivity index (χ2n) is 4.29. The van der Waals surface area contributed by atoms with Crippen LogP contribution in [0.2, 0.25) is 0 Å². The minimum atomic E-state index is -5.19. The van der Waals surface area contributed by atoms with Gasteiger partial charge in [-0.1, -0.05) is 0 Å². The smallest absolute Gasteiger partial charge is 0.430 e. The van der Waals surface area contributed by atoms with E-state index in [2.05, 4.69) is 9.36 Å². The van der Waals surface area contributed by atoms with Gasteiger partial charge in [0.1, 0.15) is 23.5 Å². The molecular weight excluding hydrogens is 365 g/mol. The second kappa shape index (κ2) is 8.69. The topological polar surface area (TPSA) is 131 Å². The quantitative estimate of drug-likeness (QED) is 0.753. The van der Waals surface area contributed by atoms with Gasteiger partial charge in [0.2, 0.25) is 5.82 Å². The van der Waals surface area contributed by atoms with Gasteiger partial charge in [-0.3, -0.25) is 4.79 Å². The van der Waals surface area contributed by atoms with Gasteiger partial charge in [-0.15, -0.1) is 0 Å². The molecule has 0 aliphatic heterocycles. The molecule has 0 aliphatic carbocycles. The Bertz CT molecular complexity index is 784. The third kappa shape index (κ3) is 6.92. The highest BCUT2D eigenvalue weighted by Gasteiger charge is 2.28. The molecule has 0 amide bonds. The van der Waals surface area contributed by atoms with Crippen molar-refractivity contribution in [3.63, 3.8) is 0 Å². The third-order valence-electron chi connectivity index (χ3n) is 2.48. The molecule has 0 fully saturated rings. The van der Waals surface area contributed by atoms with Gasteiger partial charge < -0.3 is 15.0 Å². The minimum absolute atomic E-state index is 0.0847. The van der Waals surface area contributed by atoms with E-state index in [0.29, 0.717) is 11.6 Å². The van der Waals surface area contributed by atoms with Crippen LogP contribution in [-0.4, -0.2) is 32.6 Å². The molecule has 132 valence electrons. The number of nitrogens with zero attached hydrogens (tertiary/aromatic N) is 4. The van der Waals surface area contributed by atoms with Gasteiger partial charge >= 0.3 is 12.1 Å². The summed E-state index contributed by atoms with van der Waals surface area (Å²) in [7, 11) is 0. The maximum Gasteiger partial charge on any atom is 0.430 e.